The van der Waals surface area contributed by atoms with Crippen molar-refractivity contribution in [3.05, 3.63) is 53.8 Å². The largest absolute Gasteiger partial charge is 0.493 e. The SMILES string of the molecule is CCN1C(=O)Cc2cc(NC(=O)c3cc4cccc(OC)c4o3)ccc21. The lowest BCUT2D eigenvalue weighted by atomic mass is 10.1. The van der Waals surface area contributed by atoms with Gasteiger partial charge in [0, 0.05) is 23.3 Å². The molecule has 132 valence electrons. The van der Waals surface area contributed by atoms with Crippen molar-refractivity contribution in [3.8, 4) is 5.75 Å². The molecule has 1 aliphatic rings. The zero-order chi connectivity index (χ0) is 18.3. The molecule has 0 fully saturated rings. The summed E-state index contributed by atoms with van der Waals surface area (Å²) in [5.74, 6) is 0.517. The Morgan fingerprint density at radius 2 is 2.12 bits per heavy atom. The number of methoxy groups -OCH3 is 1. The summed E-state index contributed by atoms with van der Waals surface area (Å²) >= 11 is 0. The molecule has 6 nitrogen and oxygen atoms in total. The number of fused-ring (bicyclic) bond motifs is 2. The van der Waals surface area contributed by atoms with E-state index in [1.807, 2.05) is 31.2 Å². The molecule has 3 aromatic rings. The second kappa shape index (κ2) is 6.22. The number of nitrogens with zero attached hydrogens (tertiary/aromatic N) is 1. The van der Waals surface area contributed by atoms with E-state index in [0.29, 0.717) is 30.0 Å². The summed E-state index contributed by atoms with van der Waals surface area (Å²) in [4.78, 5) is 26.3. The summed E-state index contributed by atoms with van der Waals surface area (Å²) in [6.45, 7) is 2.58. The van der Waals surface area contributed by atoms with Gasteiger partial charge in [-0.1, -0.05) is 12.1 Å². The second-order valence-corrected chi connectivity index (χ2v) is 6.10. The lowest BCUT2D eigenvalue weighted by Gasteiger charge is -2.14. The van der Waals surface area contributed by atoms with Crippen LogP contribution in [0.3, 0.4) is 0 Å². The summed E-state index contributed by atoms with van der Waals surface area (Å²) in [5.41, 5.74) is 3.00. The van der Waals surface area contributed by atoms with Gasteiger partial charge in [0.15, 0.2) is 17.1 Å². The van der Waals surface area contributed by atoms with E-state index in [-0.39, 0.29) is 17.6 Å². The second-order valence-electron chi connectivity index (χ2n) is 6.10. The molecule has 2 heterocycles. The van der Waals surface area contributed by atoms with Crippen molar-refractivity contribution < 1.29 is 18.7 Å². The average molecular weight is 350 g/mol. The third kappa shape index (κ3) is 2.60. The molecule has 0 spiro atoms. The number of rotatable bonds is 4. The van der Waals surface area contributed by atoms with Crippen molar-refractivity contribution in [3.63, 3.8) is 0 Å². The predicted octanol–water partition coefficient (Wildman–Crippen LogP) is 3.60. The fourth-order valence-electron chi connectivity index (χ4n) is 3.31. The molecule has 4 rings (SSSR count). The Kier molecular flexibility index (Phi) is 3.88. The molecule has 0 atom stereocenters. The van der Waals surface area contributed by atoms with Crippen LogP contribution in [0.2, 0.25) is 0 Å². The van der Waals surface area contributed by atoms with Crippen LogP contribution in [0.25, 0.3) is 11.0 Å². The van der Waals surface area contributed by atoms with E-state index in [1.54, 1.807) is 30.2 Å². The minimum atomic E-state index is -0.347. The molecule has 0 saturated carbocycles. The normalized spacial score (nSPS) is 13.2. The smallest absolute Gasteiger partial charge is 0.291 e. The highest BCUT2D eigenvalue weighted by molar-refractivity contribution is 6.06. The van der Waals surface area contributed by atoms with Crippen LogP contribution < -0.4 is 15.0 Å². The highest BCUT2D eigenvalue weighted by atomic mass is 16.5. The van der Waals surface area contributed by atoms with E-state index in [9.17, 15) is 9.59 Å². The van der Waals surface area contributed by atoms with E-state index in [1.165, 1.54) is 0 Å². The highest BCUT2D eigenvalue weighted by Gasteiger charge is 2.26. The number of carbonyl (C=O) groups is 2. The summed E-state index contributed by atoms with van der Waals surface area (Å²) < 4.78 is 10.9. The zero-order valence-corrected chi connectivity index (χ0v) is 14.5. The first-order chi connectivity index (χ1) is 12.6. The van der Waals surface area contributed by atoms with E-state index in [4.69, 9.17) is 9.15 Å². The van der Waals surface area contributed by atoms with Crippen molar-refractivity contribution in [1.29, 1.82) is 0 Å². The van der Waals surface area contributed by atoms with Gasteiger partial charge >= 0.3 is 0 Å². The monoisotopic (exact) mass is 350 g/mol. The van der Waals surface area contributed by atoms with Gasteiger partial charge in [-0.05, 0) is 42.8 Å². The quantitative estimate of drug-likeness (QED) is 0.780. The summed E-state index contributed by atoms with van der Waals surface area (Å²) in [6, 6.07) is 12.7. The predicted molar refractivity (Wildman–Crippen MR) is 98.9 cm³/mol. The summed E-state index contributed by atoms with van der Waals surface area (Å²) in [5, 5.41) is 3.63. The molecule has 6 heteroatoms. The van der Waals surface area contributed by atoms with Gasteiger partial charge in [0.2, 0.25) is 5.91 Å². The Morgan fingerprint density at radius 1 is 1.27 bits per heavy atom. The van der Waals surface area contributed by atoms with Crippen LogP contribution in [-0.4, -0.2) is 25.5 Å². The number of carbonyl (C=O) groups excluding carboxylic acids is 2. The molecule has 1 aliphatic heterocycles. The molecule has 0 unspecified atom stereocenters. The number of nitrogens with one attached hydrogen (secondary N) is 1. The van der Waals surface area contributed by atoms with Crippen LogP contribution in [0.5, 0.6) is 5.75 Å². The van der Waals surface area contributed by atoms with Gasteiger partial charge < -0.3 is 19.4 Å². The van der Waals surface area contributed by atoms with Crippen LogP contribution in [0.4, 0.5) is 11.4 Å². The maximum absolute atomic E-state index is 12.5. The first-order valence-corrected chi connectivity index (χ1v) is 8.42. The van der Waals surface area contributed by atoms with Gasteiger partial charge in [-0.3, -0.25) is 9.59 Å². The molecule has 1 aromatic heterocycles. The van der Waals surface area contributed by atoms with Crippen LogP contribution in [-0.2, 0) is 11.2 Å². The number of hydrogen-bond donors (Lipinski definition) is 1. The van der Waals surface area contributed by atoms with Crippen molar-refractivity contribution >= 4 is 34.2 Å². The number of benzene rings is 2. The first-order valence-electron chi connectivity index (χ1n) is 8.42. The maximum atomic E-state index is 12.5. The number of ether oxygens (including phenoxy) is 1. The fourth-order valence-corrected chi connectivity index (χ4v) is 3.31. The van der Waals surface area contributed by atoms with E-state index in [2.05, 4.69) is 5.32 Å². The number of anilines is 2. The number of furan rings is 1. The van der Waals surface area contributed by atoms with Crippen molar-refractivity contribution in [2.24, 2.45) is 0 Å². The number of likely N-dealkylation sites (N-methyl/N-ethyl adjacent to an activating group) is 1. The molecule has 26 heavy (non-hydrogen) atoms. The molecule has 0 radical (unpaired) electrons. The molecule has 0 saturated heterocycles. The number of hydrogen-bond acceptors (Lipinski definition) is 4. The van der Waals surface area contributed by atoms with Crippen LogP contribution >= 0.6 is 0 Å². The fraction of sp³-hybridized carbons (Fsp3) is 0.200. The van der Waals surface area contributed by atoms with E-state index < -0.39 is 0 Å². The Morgan fingerprint density at radius 3 is 2.88 bits per heavy atom. The first kappa shape index (κ1) is 16.2. The molecule has 1 N–H and O–H groups in total. The molecule has 2 aromatic carbocycles. The lowest BCUT2D eigenvalue weighted by molar-refractivity contribution is -0.117. The van der Waals surface area contributed by atoms with Crippen LogP contribution in [0, 0.1) is 0 Å². The Balaban J connectivity index is 1.59. The molecule has 0 bridgehead atoms. The van der Waals surface area contributed by atoms with Crippen LogP contribution in [0.1, 0.15) is 23.0 Å². The van der Waals surface area contributed by atoms with Gasteiger partial charge in [0.1, 0.15) is 0 Å². The van der Waals surface area contributed by atoms with Crippen LogP contribution in [0.15, 0.2) is 46.9 Å². The van der Waals surface area contributed by atoms with Gasteiger partial charge in [-0.15, -0.1) is 0 Å². The van der Waals surface area contributed by atoms with Crippen molar-refractivity contribution in [2.75, 3.05) is 23.9 Å². The highest BCUT2D eigenvalue weighted by Crippen LogP contribution is 2.32. The Labute approximate surface area is 150 Å². The van der Waals surface area contributed by atoms with Gasteiger partial charge in [-0.2, -0.15) is 0 Å². The standard InChI is InChI=1S/C20H18N2O4/c1-3-22-15-8-7-14(9-13(15)11-18(22)23)21-20(24)17-10-12-5-4-6-16(25-2)19(12)26-17/h4-10H,3,11H2,1-2H3,(H,21,24). The topological polar surface area (TPSA) is 71.8 Å². The van der Waals surface area contributed by atoms with E-state index in [0.717, 1.165) is 16.6 Å². The third-order valence-corrected chi connectivity index (χ3v) is 4.54. The minimum Gasteiger partial charge on any atom is -0.493 e. The number of para-hydroxylation sites is 1. The van der Waals surface area contributed by atoms with Crippen molar-refractivity contribution in [2.45, 2.75) is 13.3 Å². The Bertz CT molecular complexity index is 1020. The minimum absolute atomic E-state index is 0.0790. The third-order valence-electron chi connectivity index (χ3n) is 4.54. The molecular weight excluding hydrogens is 332 g/mol. The summed E-state index contributed by atoms with van der Waals surface area (Å²) in [6.07, 6.45) is 0.356. The average Bonchev–Trinajstić information content (AvgIpc) is 3.21. The molecular formula is C20H18N2O4. The van der Waals surface area contributed by atoms with E-state index >= 15 is 0 Å². The summed E-state index contributed by atoms with van der Waals surface area (Å²) in [7, 11) is 1.56. The lowest BCUT2D eigenvalue weighted by Crippen LogP contribution is -2.25. The maximum Gasteiger partial charge on any atom is 0.291 e. The Hall–Kier alpha value is -3.28. The van der Waals surface area contributed by atoms with Gasteiger partial charge in [0.05, 0.1) is 13.5 Å². The van der Waals surface area contributed by atoms with Crippen molar-refractivity contribution in [1.82, 2.24) is 0 Å². The molecule has 0 aliphatic carbocycles. The molecule has 2 amide bonds. The van der Waals surface area contributed by atoms with Gasteiger partial charge in [-0.25, -0.2) is 0 Å². The van der Waals surface area contributed by atoms with Gasteiger partial charge in [0.25, 0.3) is 5.91 Å². The number of amides is 2. The zero-order valence-electron chi connectivity index (χ0n) is 14.5.